The monoisotopic (exact) mass is 169 g/mol. The third kappa shape index (κ3) is 2.03. The molecule has 4 nitrogen and oxygen atoms in total. The van der Waals surface area contributed by atoms with E-state index in [1.165, 1.54) is 6.07 Å². The van der Waals surface area contributed by atoms with Crippen LogP contribution in [0.15, 0.2) is 18.7 Å². The summed E-state index contributed by atoms with van der Waals surface area (Å²) in [6.45, 7) is 4.16. The van der Waals surface area contributed by atoms with Gasteiger partial charge >= 0.3 is 0 Å². The van der Waals surface area contributed by atoms with Gasteiger partial charge in [0.05, 0.1) is 13.2 Å². The lowest BCUT2D eigenvalue weighted by Gasteiger charge is -1.97. The number of hydrogen-bond donors (Lipinski definition) is 3. The van der Waals surface area contributed by atoms with E-state index in [1.54, 1.807) is 6.08 Å². The molecule has 12 heavy (non-hydrogen) atoms. The van der Waals surface area contributed by atoms with Crippen molar-refractivity contribution >= 4 is 0 Å². The second-order valence-corrected chi connectivity index (χ2v) is 2.33. The van der Waals surface area contributed by atoms with Crippen molar-refractivity contribution in [3.8, 4) is 11.8 Å². The molecule has 0 aliphatic rings. The van der Waals surface area contributed by atoms with E-state index in [9.17, 15) is 0 Å². The first-order chi connectivity index (χ1) is 5.74. The smallest absolute Gasteiger partial charge is 0.196 e. The molecule has 1 rings (SSSR count). The van der Waals surface area contributed by atoms with Crippen molar-refractivity contribution in [1.29, 1.82) is 0 Å². The molecule has 0 radical (unpaired) electrons. The Balaban J connectivity index is 2.50. The van der Waals surface area contributed by atoms with Gasteiger partial charge in [-0.05, 0) is 0 Å². The number of rotatable bonds is 4. The highest BCUT2D eigenvalue weighted by Gasteiger charge is 2.04. The highest BCUT2D eigenvalue weighted by molar-refractivity contribution is 5.31. The number of ether oxygens (including phenoxy) is 1. The Kier molecular flexibility index (Phi) is 2.76. The van der Waals surface area contributed by atoms with Gasteiger partial charge in [-0.3, -0.25) is 4.98 Å². The van der Waals surface area contributed by atoms with Crippen LogP contribution < -0.4 is 0 Å². The van der Waals surface area contributed by atoms with Gasteiger partial charge in [0.1, 0.15) is 0 Å². The Labute approximate surface area is 70.1 Å². The van der Waals surface area contributed by atoms with Gasteiger partial charge in [0, 0.05) is 11.6 Å². The predicted octanol–water partition coefficient (Wildman–Crippen LogP) is 1.13. The molecule has 0 saturated heterocycles. The lowest BCUT2D eigenvalue weighted by molar-refractivity contribution is 0.146. The molecular formula is C8H11NO3. The maximum atomic E-state index is 9.11. The highest BCUT2D eigenvalue weighted by atomic mass is 16.5. The van der Waals surface area contributed by atoms with Crippen LogP contribution in [0.5, 0.6) is 11.8 Å². The summed E-state index contributed by atoms with van der Waals surface area (Å²) >= 11 is 0. The second-order valence-electron chi connectivity index (χ2n) is 2.33. The first kappa shape index (κ1) is 8.67. The molecule has 0 aromatic carbocycles. The molecule has 0 unspecified atom stereocenters. The van der Waals surface area contributed by atoms with Crippen LogP contribution in [0.2, 0.25) is 0 Å². The SMILES string of the molecule is C=CCOCc1cc(O)[nH]c1O. The molecule has 0 aliphatic carbocycles. The van der Waals surface area contributed by atoms with E-state index >= 15 is 0 Å². The third-order valence-electron chi connectivity index (χ3n) is 1.35. The molecular weight excluding hydrogens is 158 g/mol. The summed E-state index contributed by atoms with van der Waals surface area (Å²) in [4.78, 5) is 2.34. The summed E-state index contributed by atoms with van der Waals surface area (Å²) in [5.41, 5.74) is 0.536. The number of aromatic nitrogens is 1. The zero-order valence-electron chi connectivity index (χ0n) is 6.58. The number of hydrogen-bond acceptors (Lipinski definition) is 3. The molecule has 0 amide bonds. The largest absolute Gasteiger partial charge is 0.495 e. The van der Waals surface area contributed by atoms with Gasteiger partial charge in [-0.25, -0.2) is 0 Å². The number of aromatic hydroxyl groups is 2. The molecule has 0 bridgehead atoms. The van der Waals surface area contributed by atoms with Crippen molar-refractivity contribution in [2.75, 3.05) is 6.61 Å². The van der Waals surface area contributed by atoms with Crippen molar-refractivity contribution in [3.63, 3.8) is 0 Å². The summed E-state index contributed by atoms with van der Waals surface area (Å²) < 4.78 is 5.05. The molecule has 4 heteroatoms. The van der Waals surface area contributed by atoms with Gasteiger partial charge in [0.15, 0.2) is 11.8 Å². The fourth-order valence-electron chi connectivity index (χ4n) is 0.833. The fourth-order valence-corrected chi connectivity index (χ4v) is 0.833. The van der Waals surface area contributed by atoms with Gasteiger partial charge in [0.2, 0.25) is 0 Å². The summed E-state index contributed by atoms with van der Waals surface area (Å²) in [5.74, 6) is -0.124. The predicted molar refractivity (Wildman–Crippen MR) is 44.0 cm³/mol. The Morgan fingerprint density at radius 3 is 2.83 bits per heavy atom. The summed E-state index contributed by atoms with van der Waals surface area (Å²) in [7, 11) is 0. The van der Waals surface area contributed by atoms with Crippen LogP contribution in [-0.4, -0.2) is 21.8 Å². The van der Waals surface area contributed by atoms with E-state index in [4.69, 9.17) is 14.9 Å². The number of H-pyrrole nitrogens is 1. The van der Waals surface area contributed by atoms with Crippen molar-refractivity contribution in [1.82, 2.24) is 4.98 Å². The Morgan fingerprint density at radius 2 is 2.33 bits per heavy atom. The zero-order valence-corrected chi connectivity index (χ0v) is 6.58. The van der Waals surface area contributed by atoms with E-state index in [0.717, 1.165) is 0 Å². The average Bonchev–Trinajstić information content (AvgIpc) is 2.31. The van der Waals surface area contributed by atoms with Gasteiger partial charge in [-0.15, -0.1) is 6.58 Å². The van der Waals surface area contributed by atoms with Crippen LogP contribution in [0.3, 0.4) is 0 Å². The first-order valence-electron chi connectivity index (χ1n) is 3.52. The van der Waals surface area contributed by atoms with Crippen LogP contribution >= 0.6 is 0 Å². The molecule has 0 fully saturated rings. The van der Waals surface area contributed by atoms with E-state index in [1.807, 2.05) is 0 Å². The van der Waals surface area contributed by atoms with Gasteiger partial charge < -0.3 is 14.9 Å². The third-order valence-corrected chi connectivity index (χ3v) is 1.35. The van der Waals surface area contributed by atoms with Crippen molar-refractivity contribution < 1.29 is 14.9 Å². The Morgan fingerprint density at radius 1 is 1.58 bits per heavy atom. The maximum absolute atomic E-state index is 9.11. The fraction of sp³-hybridized carbons (Fsp3) is 0.250. The van der Waals surface area contributed by atoms with E-state index in [0.29, 0.717) is 12.2 Å². The standard InChI is InChI=1S/C8H11NO3/c1-2-3-12-5-6-4-7(10)9-8(6)11/h2,4,9-11H,1,3,5H2. The minimum absolute atomic E-state index is 0.0587. The molecule has 1 heterocycles. The number of aromatic amines is 1. The van der Waals surface area contributed by atoms with E-state index in [-0.39, 0.29) is 18.4 Å². The zero-order chi connectivity index (χ0) is 8.97. The number of nitrogens with one attached hydrogen (secondary N) is 1. The normalized spacial score (nSPS) is 10.0. The minimum atomic E-state index is -0.0651. The summed E-state index contributed by atoms with van der Waals surface area (Å²) in [6, 6.07) is 1.42. The van der Waals surface area contributed by atoms with Crippen molar-refractivity contribution in [2.24, 2.45) is 0 Å². The molecule has 66 valence electrons. The van der Waals surface area contributed by atoms with Crippen LogP contribution in [0, 0.1) is 0 Å². The van der Waals surface area contributed by atoms with Gasteiger partial charge in [-0.2, -0.15) is 0 Å². The van der Waals surface area contributed by atoms with Crippen LogP contribution in [-0.2, 0) is 11.3 Å². The highest BCUT2D eigenvalue weighted by Crippen LogP contribution is 2.21. The molecule has 1 aromatic rings. The molecule has 3 N–H and O–H groups in total. The minimum Gasteiger partial charge on any atom is -0.495 e. The molecule has 0 spiro atoms. The lowest BCUT2D eigenvalue weighted by Crippen LogP contribution is -1.90. The quantitative estimate of drug-likeness (QED) is 0.467. The Bertz CT molecular complexity index is 267. The molecule has 1 aromatic heterocycles. The van der Waals surface area contributed by atoms with E-state index < -0.39 is 0 Å². The van der Waals surface area contributed by atoms with Crippen LogP contribution in [0.25, 0.3) is 0 Å². The Hall–Kier alpha value is -1.42. The van der Waals surface area contributed by atoms with Crippen molar-refractivity contribution in [3.05, 3.63) is 24.3 Å². The second kappa shape index (κ2) is 3.82. The first-order valence-corrected chi connectivity index (χ1v) is 3.52. The van der Waals surface area contributed by atoms with Crippen LogP contribution in [0.1, 0.15) is 5.56 Å². The van der Waals surface area contributed by atoms with E-state index in [2.05, 4.69) is 11.6 Å². The van der Waals surface area contributed by atoms with Crippen molar-refractivity contribution in [2.45, 2.75) is 6.61 Å². The lowest BCUT2D eigenvalue weighted by atomic mass is 10.3. The summed E-state index contributed by atoms with van der Waals surface area (Å²) in [5, 5.41) is 18.0. The maximum Gasteiger partial charge on any atom is 0.196 e. The average molecular weight is 169 g/mol. The van der Waals surface area contributed by atoms with Gasteiger partial charge in [-0.1, -0.05) is 6.08 Å². The molecule has 0 aliphatic heterocycles. The van der Waals surface area contributed by atoms with Gasteiger partial charge in [0.25, 0.3) is 0 Å². The summed E-state index contributed by atoms with van der Waals surface area (Å²) in [6.07, 6.45) is 1.61. The van der Waals surface area contributed by atoms with Crippen LogP contribution in [0.4, 0.5) is 0 Å². The molecule has 0 atom stereocenters. The molecule has 0 saturated carbocycles. The topological polar surface area (TPSA) is 65.5 Å².